The van der Waals surface area contributed by atoms with Crippen LogP contribution in [0.5, 0.6) is 0 Å². The van der Waals surface area contributed by atoms with Crippen LogP contribution in [0.4, 0.5) is 8.78 Å². The lowest BCUT2D eigenvalue weighted by Crippen LogP contribution is -2.27. The Labute approximate surface area is 130 Å². The van der Waals surface area contributed by atoms with E-state index in [1.807, 2.05) is 30.3 Å². The molecule has 0 radical (unpaired) electrons. The van der Waals surface area contributed by atoms with E-state index in [2.05, 4.69) is 21.2 Å². The molecule has 0 heterocycles. The summed E-state index contributed by atoms with van der Waals surface area (Å²) in [6.45, 7) is 1.79. The highest BCUT2D eigenvalue weighted by atomic mass is 79.9. The van der Waals surface area contributed by atoms with Gasteiger partial charge >= 0.3 is 0 Å². The van der Waals surface area contributed by atoms with Gasteiger partial charge in [-0.3, -0.25) is 4.79 Å². The second-order valence-electron chi connectivity index (χ2n) is 4.67. The van der Waals surface area contributed by atoms with Gasteiger partial charge in [0.15, 0.2) is 0 Å². The van der Waals surface area contributed by atoms with Gasteiger partial charge in [-0.05, 0) is 24.1 Å². The monoisotopic (exact) mass is 353 g/mol. The maximum Gasteiger partial charge on any atom is 0.254 e. The van der Waals surface area contributed by atoms with Crippen LogP contribution in [-0.2, 0) is 0 Å². The molecule has 2 aromatic rings. The summed E-state index contributed by atoms with van der Waals surface area (Å²) < 4.78 is 26.8. The maximum atomic E-state index is 13.6. The van der Waals surface area contributed by atoms with Crippen LogP contribution in [-0.4, -0.2) is 12.5 Å². The number of alkyl halides is 1. The Morgan fingerprint density at radius 2 is 1.86 bits per heavy atom. The number of carbonyl (C=O) groups excluding carboxylic acids is 1. The smallest absolute Gasteiger partial charge is 0.254 e. The summed E-state index contributed by atoms with van der Waals surface area (Å²) in [5.74, 6) is -2.08. The van der Waals surface area contributed by atoms with Crippen LogP contribution in [0.3, 0.4) is 0 Å². The van der Waals surface area contributed by atoms with E-state index in [9.17, 15) is 13.6 Å². The lowest BCUT2D eigenvalue weighted by molar-refractivity contribution is 0.0950. The van der Waals surface area contributed by atoms with Gasteiger partial charge in [-0.25, -0.2) is 8.78 Å². The number of hydrogen-bond acceptors (Lipinski definition) is 1. The molecule has 0 saturated carbocycles. The molecule has 0 aliphatic carbocycles. The van der Waals surface area contributed by atoms with Gasteiger partial charge in [0.1, 0.15) is 11.6 Å². The van der Waals surface area contributed by atoms with Crippen molar-refractivity contribution in [3.8, 4) is 0 Å². The SMILES string of the molecule is Cc1cc(C(=O)NCC(Br)c2ccccc2)c(F)cc1F. The van der Waals surface area contributed by atoms with Crippen LogP contribution in [0.25, 0.3) is 0 Å². The molecule has 1 atom stereocenters. The number of rotatable bonds is 4. The minimum atomic E-state index is -0.860. The number of aryl methyl sites for hydroxylation is 1. The van der Waals surface area contributed by atoms with E-state index in [4.69, 9.17) is 0 Å². The van der Waals surface area contributed by atoms with Gasteiger partial charge in [0.05, 0.1) is 10.4 Å². The van der Waals surface area contributed by atoms with Crippen LogP contribution < -0.4 is 5.32 Å². The molecule has 110 valence electrons. The van der Waals surface area contributed by atoms with E-state index in [0.29, 0.717) is 6.54 Å². The lowest BCUT2D eigenvalue weighted by atomic mass is 10.1. The second-order valence-corrected chi connectivity index (χ2v) is 5.77. The molecular weight excluding hydrogens is 340 g/mol. The number of hydrogen-bond donors (Lipinski definition) is 1. The van der Waals surface area contributed by atoms with Crippen LogP contribution in [0, 0.1) is 18.6 Å². The molecule has 0 spiro atoms. The molecule has 1 amide bonds. The maximum absolute atomic E-state index is 13.6. The molecule has 0 saturated heterocycles. The Hall–Kier alpha value is -1.75. The third kappa shape index (κ3) is 3.88. The van der Waals surface area contributed by atoms with Gasteiger partial charge in [0.2, 0.25) is 0 Å². The summed E-state index contributed by atoms with van der Waals surface area (Å²) in [5, 5.41) is 2.64. The Morgan fingerprint density at radius 1 is 1.19 bits per heavy atom. The number of amides is 1. The molecule has 0 fully saturated rings. The van der Waals surface area contributed by atoms with Crippen molar-refractivity contribution in [1.29, 1.82) is 0 Å². The van der Waals surface area contributed by atoms with E-state index in [0.717, 1.165) is 11.6 Å². The summed E-state index contributed by atoms with van der Waals surface area (Å²) in [6.07, 6.45) is 0. The van der Waals surface area contributed by atoms with Crippen molar-refractivity contribution < 1.29 is 13.6 Å². The van der Waals surface area contributed by atoms with Crippen molar-refractivity contribution in [3.05, 3.63) is 70.8 Å². The van der Waals surface area contributed by atoms with E-state index in [1.165, 1.54) is 13.0 Å². The second kappa shape index (κ2) is 6.80. The average molecular weight is 354 g/mol. The van der Waals surface area contributed by atoms with Crippen molar-refractivity contribution >= 4 is 21.8 Å². The summed E-state index contributed by atoms with van der Waals surface area (Å²) in [6, 6.07) is 11.5. The van der Waals surface area contributed by atoms with E-state index < -0.39 is 17.5 Å². The molecule has 2 nitrogen and oxygen atoms in total. The summed E-state index contributed by atoms with van der Waals surface area (Å²) in [7, 11) is 0. The molecule has 2 rings (SSSR count). The molecule has 2 aromatic carbocycles. The van der Waals surface area contributed by atoms with Crippen molar-refractivity contribution in [2.45, 2.75) is 11.8 Å². The van der Waals surface area contributed by atoms with Crippen molar-refractivity contribution in [1.82, 2.24) is 5.32 Å². The van der Waals surface area contributed by atoms with E-state index in [1.54, 1.807) is 0 Å². The third-order valence-corrected chi connectivity index (χ3v) is 3.95. The molecule has 1 unspecified atom stereocenters. The van der Waals surface area contributed by atoms with Crippen molar-refractivity contribution in [2.75, 3.05) is 6.54 Å². The first-order chi connectivity index (χ1) is 9.99. The first-order valence-corrected chi connectivity index (χ1v) is 7.33. The lowest BCUT2D eigenvalue weighted by Gasteiger charge is -2.12. The minimum Gasteiger partial charge on any atom is -0.350 e. The number of benzene rings is 2. The molecular formula is C16H14BrF2NO. The fourth-order valence-electron chi connectivity index (χ4n) is 1.89. The molecule has 1 N–H and O–H groups in total. The zero-order chi connectivity index (χ0) is 15.4. The fraction of sp³-hybridized carbons (Fsp3) is 0.188. The Kier molecular flexibility index (Phi) is 5.07. The predicted octanol–water partition coefficient (Wildman–Crippen LogP) is 4.14. The standard InChI is InChI=1S/C16H14BrF2NO/c1-10-7-12(15(19)8-14(10)18)16(21)20-9-13(17)11-5-3-2-4-6-11/h2-8,13H,9H2,1H3,(H,20,21). The highest BCUT2D eigenvalue weighted by molar-refractivity contribution is 9.09. The predicted molar refractivity (Wildman–Crippen MR) is 81.5 cm³/mol. The highest BCUT2D eigenvalue weighted by Crippen LogP contribution is 2.21. The summed E-state index contributed by atoms with van der Waals surface area (Å²) >= 11 is 3.46. The summed E-state index contributed by atoms with van der Waals surface area (Å²) in [4.78, 5) is 11.9. The molecule has 0 aromatic heterocycles. The third-order valence-electron chi connectivity index (χ3n) is 3.10. The Bertz CT molecular complexity index is 646. The van der Waals surface area contributed by atoms with Gasteiger partial charge < -0.3 is 5.32 Å². The molecule has 21 heavy (non-hydrogen) atoms. The van der Waals surface area contributed by atoms with Crippen LogP contribution in [0.2, 0.25) is 0 Å². The summed E-state index contributed by atoms with van der Waals surface area (Å²) in [5.41, 5.74) is 1.09. The fourth-order valence-corrected chi connectivity index (χ4v) is 2.36. The van der Waals surface area contributed by atoms with Crippen molar-refractivity contribution in [2.24, 2.45) is 0 Å². The molecule has 0 bridgehead atoms. The van der Waals surface area contributed by atoms with E-state index in [-0.39, 0.29) is 16.0 Å². The largest absolute Gasteiger partial charge is 0.350 e. The van der Waals surface area contributed by atoms with Crippen LogP contribution >= 0.6 is 15.9 Å². The average Bonchev–Trinajstić information content (AvgIpc) is 2.49. The molecule has 0 aliphatic heterocycles. The van der Waals surface area contributed by atoms with Crippen LogP contribution in [0.15, 0.2) is 42.5 Å². The zero-order valence-corrected chi connectivity index (χ0v) is 13.0. The first-order valence-electron chi connectivity index (χ1n) is 6.42. The quantitative estimate of drug-likeness (QED) is 0.822. The van der Waals surface area contributed by atoms with Gasteiger partial charge in [-0.2, -0.15) is 0 Å². The number of carbonyl (C=O) groups is 1. The van der Waals surface area contributed by atoms with Crippen LogP contribution in [0.1, 0.15) is 26.3 Å². The number of halogens is 3. The minimum absolute atomic E-state index is 0.0766. The normalized spacial score (nSPS) is 12.0. The topological polar surface area (TPSA) is 29.1 Å². The van der Waals surface area contributed by atoms with E-state index >= 15 is 0 Å². The first kappa shape index (κ1) is 15.6. The molecule has 0 aliphatic rings. The Balaban J connectivity index is 2.04. The zero-order valence-electron chi connectivity index (χ0n) is 11.4. The highest BCUT2D eigenvalue weighted by Gasteiger charge is 2.16. The van der Waals surface area contributed by atoms with Gasteiger partial charge in [0, 0.05) is 12.6 Å². The Morgan fingerprint density at radius 3 is 2.52 bits per heavy atom. The molecule has 5 heteroatoms. The number of nitrogens with one attached hydrogen (secondary N) is 1. The van der Waals surface area contributed by atoms with Gasteiger partial charge in [-0.15, -0.1) is 0 Å². The van der Waals surface area contributed by atoms with Gasteiger partial charge in [-0.1, -0.05) is 46.3 Å². The van der Waals surface area contributed by atoms with Crippen molar-refractivity contribution in [3.63, 3.8) is 0 Å². The van der Waals surface area contributed by atoms with Gasteiger partial charge in [0.25, 0.3) is 5.91 Å².